The first-order valence-electron chi connectivity index (χ1n) is 6.62. The van der Waals surface area contributed by atoms with Gasteiger partial charge in [0.2, 0.25) is 0 Å². The van der Waals surface area contributed by atoms with Crippen molar-refractivity contribution >= 4 is 0 Å². The molecule has 0 bridgehead atoms. The van der Waals surface area contributed by atoms with Gasteiger partial charge in [-0.25, -0.2) is 9.31 Å². The maximum atomic E-state index is 5.30. The summed E-state index contributed by atoms with van der Waals surface area (Å²) < 4.78 is 16.9. The molecule has 0 atom stereocenters. The van der Waals surface area contributed by atoms with Gasteiger partial charge in [-0.05, 0) is 25.1 Å². The van der Waals surface area contributed by atoms with Gasteiger partial charge in [0.25, 0.3) is 0 Å². The second-order valence-corrected chi connectivity index (χ2v) is 4.67. The number of nitrogens with zero attached hydrogens (tertiary/aromatic N) is 5. The molecule has 3 aromatic rings. The van der Waals surface area contributed by atoms with Crippen LogP contribution >= 0.6 is 0 Å². The molecule has 0 radical (unpaired) electrons. The van der Waals surface area contributed by atoms with Crippen LogP contribution < -0.4 is 9.47 Å². The minimum absolute atomic E-state index is 0.454. The zero-order chi connectivity index (χ0) is 15.5. The lowest BCUT2D eigenvalue weighted by Gasteiger charge is -2.07. The number of benzene rings is 1. The topological polar surface area (TPSA) is 88.1 Å². The van der Waals surface area contributed by atoms with Crippen molar-refractivity contribution in [3.05, 3.63) is 35.8 Å². The summed E-state index contributed by atoms with van der Waals surface area (Å²) in [4.78, 5) is 0. The van der Waals surface area contributed by atoms with Crippen LogP contribution in [0.5, 0.6) is 11.5 Å². The third-order valence-corrected chi connectivity index (χ3v) is 3.28. The molecule has 0 saturated carbocycles. The van der Waals surface area contributed by atoms with Crippen LogP contribution in [0.1, 0.15) is 11.4 Å². The smallest absolute Gasteiger partial charge is 0.161 e. The Bertz CT molecular complexity index is 780. The van der Waals surface area contributed by atoms with E-state index in [0.717, 1.165) is 22.6 Å². The number of rotatable bonds is 5. The first-order valence-corrected chi connectivity index (χ1v) is 6.62. The molecule has 0 unspecified atom stereocenters. The van der Waals surface area contributed by atoms with E-state index >= 15 is 0 Å². The van der Waals surface area contributed by atoms with Gasteiger partial charge in [-0.2, -0.15) is 0 Å². The van der Waals surface area contributed by atoms with Crippen molar-refractivity contribution < 1.29 is 14.1 Å². The van der Waals surface area contributed by atoms with Crippen LogP contribution in [0, 0.1) is 6.92 Å². The van der Waals surface area contributed by atoms with Gasteiger partial charge in [-0.3, -0.25) is 0 Å². The molecule has 3 rings (SSSR count). The van der Waals surface area contributed by atoms with Crippen molar-refractivity contribution in [2.45, 2.75) is 13.5 Å². The standard InChI is InChI=1S/C14H15N5O3/c1-9-11(17-22-16-9)7-19-8-12(15-18-19)10-4-5-13(20-2)14(6-10)21-3/h4-6,8H,7H2,1-3H3. The monoisotopic (exact) mass is 301 g/mol. The second kappa shape index (κ2) is 5.84. The zero-order valence-corrected chi connectivity index (χ0v) is 12.5. The summed E-state index contributed by atoms with van der Waals surface area (Å²) in [5, 5.41) is 15.8. The molecule has 0 aliphatic carbocycles. The summed E-state index contributed by atoms with van der Waals surface area (Å²) in [6, 6.07) is 5.59. The SMILES string of the molecule is COc1ccc(-c2cn(Cc3nonc3C)nn2)cc1OC. The number of hydrogen-bond donors (Lipinski definition) is 0. The number of aromatic nitrogens is 5. The molecule has 2 aromatic heterocycles. The first-order chi connectivity index (χ1) is 10.7. The molecule has 2 heterocycles. The molecule has 1 aromatic carbocycles. The predicted molar refractivity (Wildman–Crippen MR) is 76.7 cm³/mol. The summed E-state index contributed by atoms with van der Waals surface area (Å²) in [7, 11) is 3.20. The lowest BCUT2D eigenvalue weighted by atomic mass is 10.1. The molecule has 0 aliphatic heterocycles. The summed E-state index contributed by atoms with van der Waals surface area (Å²) in [5.41, 5.74) is 3.08. The molecule has 8 nitrogen and oxygen atoms in total. The average Bonchev–Trinajstić information content (AvgIpc) is 3.17. The minimum Gasteiger partial charge on any atom is -0.493 e. The molecule has 0 saturated heterocycles. The second-order valence-electron chi connectivity index (χ2n) is 4.67. The largest absolute Gasteiger partial charge is 0.493 e. The highest BCUT2D eigenvalue weighted by molar-refractivity contribution is 5.63. The average molecular weight is 301 g/mol. The van der Waals surface area contributed by atoms with E-state index in [4.69, 9.17) is 9.47 Å². The van der Waals surface area contributed by atoms with Crippen LogP contribution in [0.15, 0.2) is 29.0 Å². The maximum absolute atomic E-state index is 5.30. The molecule has 22 heavy (non-hydrogen) atoms. The third-order valence-electron chi connectivity index (χ3n) is 3.28. The van der Waals surface area contributed by atoms with E-state index in [1.54, 1.807) is 18.9 Å². The number of methoxy groups -OCH3 is 2. The lowest BCUT2D eigenvalue weighted by molar-refractivity contribution is 0.300. The van der Waals surface area contributed by atoms with Gasteiger partial charge in [-0.15, -0.1) is 5.10 Å². The van der Waals surface area contributed by atoms with E-state index < -0.39 is 0 Å². The van der Waals surface area contributed by atoms with E-state index in [0.29, 0.717) is 18.0 Å². The summed E-state index contributed by atoms with van der Waals surface area (Å²) in [5.74, 6) is 1.31. The fourth-order valence-electron chi connectivity index (χ4n) is 2.05. The summed E-state index contributed by atoms with van der Waals surface area (Å²) >= 11 is 0. The predicted octanol–water partition coefficient (Wildman–Crippen LogP) is 1.70. The molecular weight excluding hydrogens is 286 g/mol. The van der Waals surface area contributed by atoms with Crippen molar-refractivity contribution in [3.63, 3.8) is 0 Å². The van der Waals surface area contributed by atoms with Crippen LogP contribution in [-0.4, -0.2) is 39.5 Å². The molecular formula is C14H15N5O3. The number of hydrogen-bond acceptors (Lipinski definition) is 7. The van der Waals surface area contributed by atoms with Crippen LogP contribution in [0.2, 0.25) is 0 Å². The van der Waals surface area contributed by atoms with E-state index in [-0.39, 0.29) is 0 Å². The Morgan fingerprint density at radius 2 is 1.95 bits per heavy atom. The lowest BCUT2D eigenvalue weighted by Crippen LogP contribution is -2.02. The van der Waals surface area contributed by atoms with Gasteiger partial charge in [0.1, 0.15) is 17.1 Å². The fourth-order valence-corrected chi connectivity index (χ4v) is 2.05. The van der Waals surface area contributed by atoms with Crippen molar-refractivity contribution in [1.29, 1.82) is 0 Å². The highest BCUT2D eigenvalue weighted by Gasteiger charge is 2.11. The van der Waals surface area contributed by atoms with Gasteiger partial charge in [0.05, 0.1) is 27.0 Å². The van der Waals surface area contributed by atoms with E-state index in [1.165, 1.54) is 0 Å². The van der Waals surface area contributed by atoms with Crippen molar-refractivity contribution in [2.24, 2.45) is 0 Å². The molecule has 0 fully saturated rings. The zero-order valence-electron chi connectivity index (χ0n) is 12.5. The van der Waals surface area contributed by atoms with Gasteiger partial charge in [0, 0.05) is 5.56 Å². The van der Waals surface area contributed by atoms with E-state index in [2.05, 4.69) is 25.3 Å². The normalized spacial score (nSPS) is 10.7. The van der Waals surface area contributed by atoms with Gasteiger partial charge < -0.3 is 9.47 Å². The van der Waals surface area contributed by atoms with Gasteiger partial charge >= 0.3 is 0 Å². The fraction of sp³-hybridized carbons (Fsp3) is 0.286. The van der Waals surface area contributed by atoms with E-state index in [1.807, 2.05) is 31.3 Å². The Balaban J connectivity index is 1.86. The van der Waals surface area contributed by atoms with Crippen LogP contribution in [0.3, 0.4) is 0 Å². The Morgan fingerprint density at radius 3 is 2.64 bits per heavy atom. The molecule has 0 amide bonds. The Labute approximate surface area is 126 Å². The maximum Gasteiger partial charge on any atom is 0.161 e. The summed E-state index contributed by atoms with van der Waals surface area (Å²) in [6.07, 6.45) is 1.83. The quantitative estimate of drug-likeness (QED) is 0.708. The van der Waals surface area contributed by atoms with Gasteiger partial charge in [0.15, 0.2) is 11.5 Å². The molecule has 0 spiro atoms. The van der Waals surface area contributed by atoms with Crippen molar-refractivity contribution in [2.75, 3.05) is 14.2 Å². The molecule has 8 heteroatoms. The van der Waals surface area contributed by atoms with Crippen LogP contribution in [-0.2, 0) is 6.54 Å². The van der Waals surface area contributed by atoms with Crippen molar-refractivity contribution in [3.8, 4) is 22.8 Å². The van der Waals surface area contributed by atoms with Crippen LogP contribution in [0.25, 0.3) is 11.3 Å². The number of aryl methyl sites for hydroxylation is 1. The van der Waals surface area contributed by atoms with E-state index in [9.17, 15) is 0 Å². The molecule has 114 valence electrons. The first kappa shape index (κ1) is 14.1. The number of ether oxygens (including phenoxy) is 2. The van der Waals surface area contributed by atoms with Crippen molar-refractivity contribution in [1.82, 2.24) is 25.3 Å². The highest BCUT2D eigenvalue weighted by Crippen LogP contribution is 2.31. The van der Waals surface area contributed by atoms with Gasteiger partial charge in [-0.1, -0.05) is 15.5 Å². The minimum atomic E-state index is 0.454. The van der Waals surface area contributed by atoms with Crippen LogP contribution in [0.4, 0.5) is 0 Å². The third kappa shape index (κ3) is 2.62. The molecule has 0 aliphatic rings. The highest BCUT2D eigenvalue weighted by atomic mass is 16.6. The Kier molecular flexibility index (Phi) is 3.73. The molecule has 0 N–H and O–H groups in total. The Morgan fingerprint density at radius 1 is 1.14 bits per heavy atom. The summed E-state index contributed by atoms with van der Waals surface area (Å²) in [6.45, 7) is 2.29. The Hall–Kier alpha value is -2.90.